The van der Waals surface area contributed by atoms with Gasteiger partial charge in [-0.15, -0.1) is 0 Å². The number of halogens is 1. The minimum Gasteiger partial charge on any atom is -0.444 e. The van der Waals surface area contributed by atoms with E-state index in [0.29, 0.717) is 23.2 Å². The highest BCUT2D eigenvalue weighted by atomic mass is 19.1. The van der Waals surface area contributed by atoms with Gasteiger partial charge in [0.05, 0.1) is 6.07 Å². The molecule has 2 fully saturated rings. The van der Waals surface area contributed by atoms with Crippen LogP contribution < -0.4 is 10.6 Å². The third kappa shape index (κ3) is 4.95. The minimum atomic E-state index is -0.959. The van der Waals surface area contributed by atoms with Crippen molar-refractivity contribution in [1.29, 1.82) is 5.26 Å². The molecule has 1 saturated heterocycles. The summed E-state index contributed by atoms with van der Waals surface area (Å²) < 4.78 is 20.6. The summed E-state index contributed by atoms with van der Waals surface area (Å²) in [6, 6.07) is 10.5. The maximum Gasteiger partial charge on any atom is 0.411 e. The number of fused-ring (bicyclic) bond motifs is 3. The van der Waals surface area contributed by atoms with E-state index in [9.17, 15) is 19.6 Å². The fourth-order valence-corrected chi connectivity index (χ4v) is 5.81. The molecule has 3 amide bonds. The second-order valence-electron chi connectivity index (χ2n) is 11.3. The van der Waals surface area contributed by atoms with Crippen LogP contribution >= 0.6 is 0 Å². The van der Waals surface area contributed by atoms with Crippen LogP contribution in [0.4, 0.5) is 9.18 Å². The number of amides is 3. The molecule has 2 aromatic rings. The summed E-state index contributed by atoms with van der Waals surface area (Å²) in [5, 5.41) is 15.3. The molecule has 198 valence electrons. The van der Waals surface area contributed by atoms with Gasteiger partial charge in [0.1, 0.15) is 23.5 Å². The molecule has 1 aliphatic carbocycles. The third-order valence-electron chi connectivity index (χ3n) is 7.53. The van der Waals surface area contributed by atoms with Gasteiger partial charge in [-0.25, -0.2) is 9.18 Å². The second-order valence-corrected chi connectivity index (χ2v) is 11.3. The van der Waals surface area contributed by atoms with E-state index in [1.165, 1.54) is 11.0 Å². The Balaban J connectivity index is 1.28. The molecule has 9 heteroatoms. The average molecular weight is 519 g/mol. The number of nitrogens with zero attached hydrogens (tertiary/aromatic N) is 2. The van der Waals surface area contributed by atoms with Gasteiger partial charge in [0, 0.05) is 24.6 Å². The fraction of sp³-hybridized carbons (Fsp3) is 0.448. The Morgan fingerprint density at radius 3 is 2.66 bits per heavy atom. The van der Waals surface area contributed by atoms with Crippen molar-refractivity contribution >= 4 is 17.9 Å². The zero-order chi connectivity index (χ0) is 27.2. The van der Waals surface area contributed by atoms with E-state index in [1.807, 2.05) is 6.07 Å². The first-order valence-corrected chi connectivity index (χ1v) is 13.0. The maximum atomic E-state index is 15.1. The Labute approximate surface area is 221 Å². The van der Waals surface area contributed by atoms with Gasteiger partial charge in [-0.1, -0.05) is 18.2 Å². The van der Waals surface area contributed by atoms with Crippen LogP contribution in [0, 0.1) is 23.1 Å². The lowest BCUT2D eigenvalue weighted by Gasteiger charge is -2.35. The molecule has 2 N–H and O–H groups in total. The van der Waals surface area contributed by atoms with Crippen LogP contribution in [-0.2, 0) is 22.5 Å². The quantitative estimate of drug-likeness (QED) is 0.620. The van der Waals surface area contributed by atoms with E-state index < -0.39 is 35.5 Å². The van der Waals surface area contributed by atoms with E-state index in [-0.39, 0.29) is 24.3 Å². The largest absolute Gasteiger partial charge is 0.444 e. The van der Waals surface area contributed by atoms with Gasteiger partial charge < -0.3 is 15.4 Å². The molecular formula is C29H31FN4O4. The van der Waals surface area contributed by atoms with Crippen LogP contribution in [0.3, 0.4) is 0 Å². The lowest BCUT2D eigenvalue weighted by molar-refractivity contribution is -0.128. The van der Waals surface area contributed by atoms with Crippen LogP contribution in [0.2, 0.25) is 0 Å². The Hall–Kier alpha value is -3.93. The van der Waals surface area contributed by atoms with Gasteiger partial charge in [-0.05, 0) is 86.4 Å². The van der Waals surface area contributed by atoms with E-state index in [4.69, 9.17) is 4.74 Å². The predicted molar refractivity (Wildman–Crippen MR) is 137 cm³/mol. The minimum absolute atomic E-state index is 0.00971. The number of ether oxygens (including phenoxy) is 1. The first kappa shape index (κ1) is 25.7. The lowest BCUT2D eigenvalue weighted by Crippen LogP contribution is -2.55. The van der Waals surface area contributed by atoms with Crippen LogP contribution in [0.1, 0.15) is 61.5 Å². The zero-order valence-electron chi connectivity index (χ0n) is 21.7. The zero-order valence-corrected chi connectivity index (χ0v) is 21.7. The number of piperidine rings is 1. The second kappa shape index (κ2) is 9.75. The number of hydrogen-bond acceptors (Lipinski definition) is 5. The first-order valence-electron chi connectivity index (χ1n) is 13.0. The molecule has 3 aliphatic rings. The number of benzene rings is 2. The smallest absolute Gasteiger partial charge is 0.411 e. The van der Waals surface area contributed by atoms with Gasteiger partial charge >= 0.3 is 6.09 Å². The van der Waals surface area contributed by atoms with E-state index in [1.54, 1.807) is 45.0 Å². The van der Waals surface area contributed by atoms with E-state index in [0.717, 1.165) is 30.4 Å². The van der Waals surface area contributed by atoms with Crippen molar-refractivity contribution in [2.75, 3.05) is 0 Å². The molecule has 8 nitrogen and oxygen atoms in total. The third-order valence-corrected chi connectivity index (χ3v) is 7.53. The molecule has 2 aromatic carbocycles. The van der Waals surface area contributed by atoms with Crippen molar-refractivity contribution in [2.45, 2.75) is 76.7 Å². The lowest BCUT2D eigenvalue weighted by atomic mass is 9.96. The van der Waals surface area contributed by atoms with Crippen molar-refractivity contribution in [1.82, 2.24) is 15.5 Å². The molecule has 0 aromatic heterocycles. The number of carbonyl (C=O) groups is 3. The van der Waals surface area contributed by atoms with Gasteiger partial charge in [-0.2, -0.15) is 5.26 Å². The SMILES string of the molecule is CC(C)(C)OC(=O)N1C2CCC(C2)C1C(=O)NC(C#N)Cc1ccc(-c2ccc3c(c2)CNC3=O)cc1F. The summed E-state index contributed by atoms with van der Waals surface area (Å²) in [4.78, 5) is 39.5. The average Bonchev–Trinajstić information content (AvgIpc) is 3.58. The standard InChI is InChI=1S/C29H31FN4O4/c1-29(2,3)38-28(37)34-22-8-6-19(12-22)25(34)27(36)33-21(14-31)11-18-5-4-17(13-24(18)30)16-7-9-23-20(10-16)15-32-26(23)35/h4-5,7,9-10,13,19,21-22,25H,6,8,11-12,15H2,1-3H3,(H,32,35)(H,33,36). The molecule has 1 saturated carbocycles. The van der Waals surface area contributed by atoms with Crippen LogP contribution in [0.15, 0.2) is 36.4 Å². The van der Waals surface area contributed by atoms with Gasteiger partial charge in [0.25, 0.3) is 5.91 Å². The Morgan fingerprint density at radius 1 is 1.21 bits per heavy atom. The molecule has 0 radical (unpaired) electrons. The summed E-state index contributed by atoms with van der Waals surface area (Å²) >= 11 is 0. The number of nitrogens with one attached hydrogen (secondary N) is 2. The van der Waals surface area contributed by atoms with E-state index >= 15 is 4.39 Å². The highest BCUT2D eigenvalue weighted by Gasteiger charge is 2.52. The van der Waals surface area contributed by atoms with E-state index in [2.05, 4.69) is 16.7 Å². The molecule has 0 spiro atoms. The van der Waals surface area contributed by atoms with Crippen LogP contribution in [-0.4, -0.2) is 46.5 Å². The monoisotopic (exact) mass is 518 g/mol. The first-order chi connectivity index (χ1) is 18.0. The van der Waals surface area contributed by atoms with Gasteiger partial charge in [0.15, 0.2) is 0 Å². The maximum absolute atomic E-state index is 15.1. The summed E-state index contributed by atoms with van der Waals surface area (Å²) in [6.07, 6.45) is 1.86. The van der Waals surface area contributed by atoms with Crippen molar-refractivity contribution in [3.8, 4) is 17.2 Å². The Morgan fingerprint density at radius 2 is 1.95 bits per heavy atom. The summed E-state index contributed by atoms with van der Waals surface area (Å²) in [5.74, 6) is -0.993. The molecule has 2 heterocycles. The summed E-state index contributed by atoms with van der Waals surface area (Å²) in [7, 11) is 0. The number of hydrogen-bond donors (Lipinski definition) is 2. The molecule has 38 heavy (non-hydrogen) atoms. The van der Waals surface area contributed by atoms with Gasteiger partial charge in [0.2, 0.25) is 5.91 Å². The summed E-state index contributed by atoms with van der Waals surface area (Å²) in [6.45, 7) is 5.78. The number of rotatable bonds is 5. The van der Waals surface area contributed by atoms with Crippen LogP contribution in [0.5, 0.6) is 0 Å². The Bertz CT molecular complexity index is 1350. The fourth-order valence-electron chi connectivity index (χ4n) is 5.81. The molecular weight excluding hydrogens is 487 g/mol. The Kier molecular flexibility index (Phi) is 6.59. The predicted octanol–water partition coefficient (Wildman–Crippen LogP) is 4.07. The van der Waals surface area contributed by atoms with Crippen LogP contribution in [0.25, 0.3) is 11.1 Å². The molecule has 5 rings (SSSR count). The normalized spacial score (nSPS) is 22.4. The number of nitriles is 1. The number of likely N-dealkylation sites (tertiary alicyclic amines) is 1. The van der Waals surface area contributed by atoms with Crippen molar-refractivity contribution < 1.29 is 23.5 Å². The van der Waals surface area contributed by atoms with Crippen molar-refractivity contribution in [3.63, 3.8) is 0 Å². The molecule has 2 aliphatic heterocycles. The highest BCUT2D eigenvalue weighted by Crippen LogP contribution is 2.43. The molecule has 4 atom stereocenters. The van der Waals surface area contributed by atoms with Crippen molar-refractivity contribution in [2.24, 2.45) is 5.92 Å². The number of carbonyl (C=O) groups excluding carboxylic acids is 3. The molecule has 2 bridgehead atoms. The van der Waals surface area contributed by atoms with Gasteiger partial charge in [-0.3, -0.25) is 14.5 Å². The summed E-state index contributed by atoms with van der Waals surface area (Å²) in [5.41, 5.74) is 2.54. The van der Waals surface area contributed by atoms with Crippen molar-refractivity contribution in [3.05, 3.63) is 58.9 Å². The highest BCUT2D eigenvalue weighted by molar-refractivity contribution is 5.98. The topological polar surface area (TPSA) is 112 Å². The molecule has 4 unspecified atom stereocenters.